The first-order valence-corrected chi connectivity index (χ1v) is 7.25. The number of morpholine rings is 1. The molecule has 1 aliphatic heterocycles. The monoisotopic (exact) mass is 312 g/mol. The quantitative estimate of drug-likeness (QED) is 0.932. The summed E-state index contributed by atoms with van der Waals surface area (Å²) in [4.78, 5) is 2.42. The molecular formula is C14H21BrN2O. The van der Waals surface area contributed by atoms with Gasteiger partial charge in [0.2, 0.25) is 0 Å². The molecule has 1 fully saturated rings. The van der Waals surface area contributed by atoms with Gasteiger partial charge in [0.1, 0.15) is 0 Å². The molecule has 0 spiro atoms. The van der Waals surface area contributed by atoms with Crippen molar-refractivity contribution < 1.29 is 4.74 Å². The molecule has 2 rings (SSSR count). The van der Waals surface area contributed by atoms with Gasteiger partial charge in [-0.25, -0.2) is 0 Å². The third-order valence-electron chi connectivity index (χ3n) is 3.26. The molecule has 1 saturated heterocycles. The van der Waals surface area contributed by atoms with Crippen LogP contribution in [-0.4, -0.2) is 31.8 Å². The van der Waals surface area contributed by atoms with Crippen LogP contribution in [0.2, 0.25) is 0 Å². The van der Waals surface area contributed by atoms with Crippen LogP contribution in [0.25, 0.3) is 0 Å². The molecular weight excluding hydrogens is 292 g/mol. The van der Waals surface area contributed by atoms with Crippen LogP contribution in [0.3, 0.4) is 0 Å². The second-order valence-corrected chi connectivity index (χ2v) is 5.99. The summed E-state index contributed by atoms with van der Waals surface area (Å²) < 4.78 is 6.62. The average molecular weight is 313 g/mol. The van der Waals surface area contributed by atoms with Gasteiger partial charge in [-0.1, -0.05) is 15.9 Å². The van der Waals surface area contributed by atoms with Gasteiger partial charge in [0.05, 0.1) is 13.2 Å². The van der Waals surface area contributed by atoms with E-state index in [4.69, 9.17) is 10.5 Å². The lowest BCUT2D eigenvalue weighted by Gasteiger charge is -2.36. The molecule has 1 aromatic carbocycles. The normalized spacial score (nSPS) is 22.0. The van der Waals surface area contributed by atoms with Crippen molar-refractivity contribution in [3.05, 3.63) is 28.2 Å². The van der Waals surface area contributed by atoms with Crippen molar-refractivity contribution in [1.82, 2.24) is 0 Å². The Kier molecular flexibility index (Phi) is 4.65. The number of halogens is 1. The molecule has 100 valence electrons. The van der Waals surface area contributed by atoms with Crippen LogP contribution < -0.4 is 10.6 Å². The number of hydrogen-bond acceptors (Lipinski definition) is 3. The van der Waals surface area contributed by atoms with E-state index in [2.05, 4.69) is 46.0 Å². The zero-order valence-electron chi connectivity index (χ0n) is 11.0. The lowest BCUT2D eigenvalue weighted by molar-refractivity contribution is 0.0988. The van der Waals surface area contributed by atoms with Crippen molar-refractivity contribution in [2.24, 2.45) is 5.73 Å². The van der Waals surface area contributed by atoms with Crippen molar-refractivity contribution in [2.75, 3.05) is 24.7 Å². The molecule has 0 bridgehead atoms. The maximum absolute atomic E-state index is 5.95. The Bertz CT molecular complexity index is 409. The van der Waals surface area contributed by atoms with Crippen molar-refractivity contribution >= 4 is 21.6 Å². The largest absolute Gasteiger partial charge is 0.377 e. The Morgan fingerprint density at radius 2 is 2.33 bits per heavy atom. The lowest BCUT2D eigenvalue weighted by Crippen LogP contribution is -2.44. The minimum absolute atomic E-state index is 0.175. The molecule has 0 amide bonds. The summed E-state index contributed by atoms with van der Waals surface area (Å²) in [7, 11) is 0. The van der Waals surface area contributed by atoms with Gasteiger partial charge >= 0.3 is 0 Å². The summed E-state index contributed by atoms with van der Waals surface area (Å²) in [5.41, 5.74) is 8.56. The number of rotatable bonds is 3. The van der Waals surface area contributed by atoms with Crippen LogP contribution in [0.1, 0.15) is 19.4 Å². The topological polar surface area (TPSA) is 38.5 Å². The van der Waals surface area contributed by atoms with Gasteiger partial charge in [-0.3, -0.25) is 0 Å². The molecule has 3 nitrogen and oxygen atoms in total. The predicted octanol–water partition coefficient (Wildman–Crippen LogP) is 2.56. The average Bonchev–Trinajstić information content (AvgIpc) is 2.30. The van der Waals surface area contributed by atoms with Crippen LogP contribution >= 0.6 is 15.9 Å². The van der Waals surface area contributed by atoms with E-state index in [-0.39, 0.29) is 6.04 Å². The van der Waals surface area contributed by atoms with E-state index in [1.165, 1.54) is 11.3 Å². The zero-order chi connectivity index (χ0) is 13.1. The van der Waals surface area contributed by atoms with E-state index in [0.29, 0.717) is 6.04 Å². The number of anilines is 1. The minimum Gasteiger partial charge on any atom is -0.377 e. The fourth-order valence-electron chi connectivity index (χ4n) is 2.43. The Balaban J connectivity index is 2.30. The highest BCUT2D eigenvalue weighted by molar-refractivity contribution is 9.10. The van der Waals surface area contributed by atoms with E-state index in [1.54, 1.807) is 0 Å². The second-order valence-electron chi connectivity index (χ2n) is 5.07. The van der Waals surface area contributed by atoms with Gasteiger partial charge in [-0.2, -0.15) is 0 Å². The van der Waals surface area contributed by atoms with Crippen LogP contribution in [0.15, 0.2) is 22.7 Å². The molecule has 0 aliphatic carbocycles. The fourth-order valence-corrected chi connectivity index (χ4v) is 2.84. The highest BCUT2D eigenvalue weighted by Gasteiger charge is 2.21. The van der Waals surface area contributed by atoms with Crippen molar-refractivity contribution in [3.63, 3.8) is 0 Å². The van der Waals surface area contributed by atoms with E-state index in [0.717, 1.165) is 30.7 Å². The lowest BCUT2D eigenvalue weighted by atomic mass is 10.0. The summed E-state index contributed by atoms with van der Waals surface area (Å²) in [5.74, 6) is 0. The third kappa shape index (κ3) is 3.25. The summed E-state index contributed by atoms with van der Waals surface area (Å²) in [6.45, 7) is 6.81. The Labute approximate surface area is 117 Å². The summed E-state index contributed by atoms with van der Waals surface area (Å²) in [5, 5.41) is 0. The molecule has 2 atom stereocenters. The maximum Gasteiger partial charge on any atom is 0.0668 e. The summed E-state index contributed by atoms with van der Waals surface area (Å²) in [6, 6.07) is 7.06. The van der Waals surface area contributed by atoms with Gasteiger partial charge in [0.25, 0.3) is 0 Å². The molecule has 1 heterocycles. The molecule has 18 heavy (non-hydrogen) atoms. The molecule has 1 aliphatic rings. The molecule has 0 saturated carbocycles. The van der Waals surface area contributed by atoms with Gasteiger partial charge < -0.3 is 15.4 Å². The highest BCUT2D eigenvalue weighted by Crippen LogP contribution is 2.28. The van der Waals surface area contributed by atoms with E-state index < -0.39 is 0 Å². The predicted molar refractivity (Wildman–Crippen MR) is 79.1 cm³/mol. The SMILES string of the molecule is CC(N)Cc1cc(Br)ccc1N1CCOCC1C. The third-order valence-corrected chi connectivity index (χ3v) is 3.75. The Hall–Kier alpha value is -0.580. The van der Waals surface area contributed by atoms with Gasteiger partial charge in [0, 0.05) is 28.8 Å². The standard InChI is InChI=1S/C14H21BrN2O/c1-10(16)7-12-8-13(15)3-4-14(12)17-5-6-18-9-11(17)2/h3-4,8,10-11H,5-7,9,16H2,1-2H3. The van der Waals surface area contributed by atoms with Crippen molar-refractivity contribution in [2.45, 2.75) is 32.4 Å². The maximum atomic E-state index is 5.95. The first-order chi connectivity index (χ1) is 8.58. The van der Waals surface area contributed by atoms with E-state index >= 15 is 0 Å². The van der Waals surface area contributed by atoms with E-state index in [1.807, 2.05) is 6.92 Å². The van der Waals surface area contributed by atoms with Crippen molar-refractivity contribution in [1.29, 1.82) is 0 Å². The smallest absolute Gasteiger partial charge is 0.0668 e. The number of nitrogens with zero attached hydrogens (tertiary/aromatic N) is 1. The summed E-state index contributed by atoms with van der Waals surface area (Å²) in [6.07, 6.45) is 0.902. The number of hydrogen-bond donors (Lipinski definition) is 1. The van der Waals surface area contributed by atoms with E-state index in [9.17, 15) is 0 Å². The second kappa shape index (κ2) is 6.04. The molecule has 2 unspecified atom stereocenters. The Morgan fingerprint density at radius 1 is 1.56 bits per heavy atom. The van der Waals surface area contributed by atoms with Gasteiger partial charge in [-0.05, 0) is 44.0 Å². The zero-order valence-corrected chi connectivity index (χ0v) is 12.6. The summed E-state index contributed by atoms with van der Waals surface area (Å²) >= 11 is 3.54. The number of benzene rings is 1. The van der Waals surface area contributed by atoms with Crippen LogP contribution in [0, 0.1) is 0 Å². The molecule has 4 heteroatoms. The number of ether oxygens (including phenoxy) is 1. The van der Waals surface area contributed by atoms with Crippen molar-refractivity contribution in [3.8, 4) is 0 Å². The Morgan fingerprint density at radius 3 is 3.00 bits per heavy atom. The number of nitrogens with two attached hydrogens (primary N) is 1. The molecule has 1 aromatic rings. The highest BCUT2D eigenvalue weighted by atomic mass is 79.9. The first-order valence-electron chi connectivity index (χ1n) is 6.46. The fraction of sp³-hybridized carbons (Fsp3) is 0.571. The van der Waals surface area contributed by atoms with Gasteiger partial charge in [0.15, 0.2) is 0 Å². The minimum atomic E-state index is 0.175. The first kappa shape index (κ1) is 13.8. The van der Waals surface area contributed by atoms with Gasteiger partial charge in [-0.15, -0.1) is 0 Å². The van der Waals surface area contributed by atoms with Crippen LogP contribution in [0.5, 0.6) is 0 Å². The van der Waals surface area contributed by atoms with Crippen LogP contribution in [0.4, 0.5) is 5.69 Å². The molecule has 0 aromatic heterocycles. The molecule has 2 N–H and O–H groups in total. The van der Waals surface area contributed by atoms with Crippen LogP contribution in [-0.2, 0) is 11.2 Å². The molecule has 0 radical (unpaired) electrons.